The van der Waals surface area contributed by atoms with Gasteiger partial charge in [0, 0.05) is 18.3 Å². The molecule has 116 valence electrons. The first-order valence-corrected chi connectivity index (χ1v) is 6.99. The molecule has 0 aliphatic rings. The lowest BCUT2D eigenvalue weighted by Crippen LogP contribution is -2.30. The molecule has 7 heteroatoms. The van der Waals surface area contributed by atoms with Crippen molar-refractivity contribution in [1.29, 1.82) is 0 Å². The fraction of sp³-hybridized carbons (Fsp3) is 0.125. The van der Waals surface area contributed by atoms with E-state index < -0.39 is 5.82 Å². The first-order chi connectivity index (χ1) is 11.1. The zero-order valence-corrected chi connectivity index (χ0v) is 12.4. The highest BCUT2D eigenvalue weighted by Crippen LogP contribution is 2.15. The molecule has 6 nitrogen and oxygen atoms in total. The number of hydrogen-bond acceptors (Lipinski definition) is 4. The van der Waals surface area contributed by atoms with Crippen molar-refractivity contribution in [2.75, 3.05) is 11.9 Å². The summed E-state index contributed by atoms with van der Waals surface area (Å²) in [7, 11) is 1.58. The molecule has 3 aromatic rings. The molecule has 1 aromatic heterocycles. The van der Waals surface area contributed by atoms with Crippen LogP contribution in [0.5, 0.6) is 0 Å². The highest BCUT2D eigenvalue weighted by molar-refractivity contribution is 5.92. The Hall–Kier alpha value is -3.09. The molecule has 0 radical (unpaired) electrons. The summed E-state index contributed by atoms with van der Waals surface area (Å²) in [6, 6.07) is 15.2. The van der Waals surface area contributed by atoms with Crippen LogP contribution in [0.4, 0.5) is 10.1 Å². The second-order valence-electron chi connectivity index (χ2n) is 4.94. The van der Waals surface area contributed by atoms with E-state index in [0.29, 0.717) is 11.5 Å². The molecule has 0 bridgehead atoms. The predicted molar refractivity (Wildman–Crippen MR) is 83.1 cm³/mol. The van der Waals surface area contributed by atoms with Crippen LogP contribution in [0.3, 0.4) is 0 Å². The average Bonchev–Trinajstić information content (AvgIpc) is 3.03. The molecule has 0 atom stereocenters. The van der Waals surface area contributed by atoms with Crippen molar-refractivity contribution < 1.29 is 9.18 Å². The van der Waals surface area contributed by atoms with E-state index in [1.54, 1.807) is 19.2 Å². The first kappa shape index (κ1) is 14.8. The minimum atomic E-state index is -0.396. The van der Waals surface area contributed by atoms with Crippen LogP contribution in [0.15, 0.2) is 54.6 Å². The van der Waals surface area contributed by atoms with E-state index in [4.69, 9.17) is 0 Å². The summed E-state index contributed by atoms with van der Waals surface area (Å²) in [5, 5.41) is 12.0. The maximum Gasteiger partial charge on any atom is 0.250 e. The Morgan fingerprint density at radius 2 is 1.96 bits per heavy atom. The number of carbonyl (C=O) groups is 1. The number of aromatic nitrogens is 4. The molecular formula is C16H14FN5O. The third-order valence-electron chi connectivity index (χ3n) is 3.33. The van der Waals surface area contributed by atoms with Crippen molar-refractivity contribution in [2.45, 2.75) is 6.54 Å². The molecular weight excluding hydrogens is 297 g/mol. The van der Waals surface area contributed by atoms with E-state index in [1.165, 1.54) is 21.8 Å². The van der Waals surface area contributed by atoms with Gasteiger partial charge in [0.2, 0.25) is 11.7 Å². The average molecular weight is 311 g/mol. The third kappa shape index (κ3) is 3.39. The third-order valence-corrected chi connectivity index (χ3v) is 3.33. The summed E-state index contributed by atoms with van der Waals surface area (Å²) in [4.78, 5) is 14.8. The summed E-state index contributed by atoms with van der Waals surface area (Å²) >= 11 is 0. The van der Waals surface area contributed by atoms with Crippen LogP contribution in [-0.4, -0.2) is 33.2 Å². The Bertz CT molecular complexity index is 818. The number of likely N-dealkylation sites (N-methyl/N-ethyl adjacent to an activating group) is 1. The van der Waals surface area contributed by atoms with Crippen molar-refractivity contribution in [2.24, 2.45) is 0 Å². The van der Waals surface area contributed by atoms with Crippen LogP contribution in [-0.2, 0) is 11.3 Å². The summed E-state index contributed by atoms with van der Waals surface area (Å²) < 4.78 is 13.2. The van der Waals surface area contributed by atoms with Gasteiger partial charge in [0.25, 0.3) is 0 Å². The number of tetrazole rings is 1. The summed E-state index contributed by atoms with van der Waals surface area (Å²) in [5.74, 6) is -0.216. The number of anilines is 1. The highest BCUT2D eigenvalue weighted by Gasteiger charge is 2.14. The van der Waals surface area contributed by atoms with Gasteiger partial charge in [-0.05, 0) is 23.4 Å². The van der Waals surface area contributed by atoms with E-state index >= 15 is 0 Å². The normalized spacial score (nSPS) is 10.5. The number of nitrogens with zero attached hydrogens (tertiary/aromatic N) is 5. The SMILES string of the molecule is CN(C(=O)Cn1nnc(-c2ccccc2)n1)c1cccc(F)c1. The molecule has 0 fully saturated rings. The Morgan fingerprint density at radius 3 is 2.70 bits per heavy atom. The molecule has 1 amide bonds. The van der Waals surface area contributed by atoms with Gasteiger partial charge in [-0.25, -0.2) is 4.39 Å². The van der Waals surface area contributed by atoms with Gasteiger partial charge in [-0.2, -0.15) is 4.80 Å². The second kappa shape index (κ2) is 6.35. The van der Waals surface area contributed by atoms with Crippen molar-refractivity contribution in [3.8, 4) is 11.4 Å². The molecule has 0 spiro atoms. The number of carbonyl (C=O) groups excluding carboxylic acids is 1. The summed E-state index contributed by atoms with van der Waals surface area (Å²) in [6.45, 7) is -0.0765. The van der Waals surface area contributed by atoms with Gasteiger partial charge < -0.3 is 4.90 Å². The standard InChI is InChI=1S/C16H14FN5O/c1-21(14-9-5-8-13(17)10-14)15(23)11-22-19-16(18-20-22)12-6-3-2-4-7-12/h2-10H,11H2,1H3. The van der Waals surface area contributed by atoms with Crippen molar-refractivity contribution in [3.63, 3.8) is 0 Å². The van der Waals surface area contributed by atoms with E-state index in [1.807, 2.05) is 30.3 Å². The number of hydrogen-bond donors (Lipinski definition) is 0. The molecule has 0 saturated carbocycles. The monoisotopic (exact) mass is 311 g/mol. The lowest BCUT2D eigenvalue weighted by atomic mass is 10.2. The zero-order valence-electron chi connectivity index (χ0n) is 12.4. The van der Waals surface area contributed by atoms with Gasteiger partial charge in [-0.3, -0.25) is 4.79 Å². The molecule has 0 aliphatic carbocycles. The van der Waals surface area contributed by atoms with E-state index in [-0.39, 0.29) is 12.5 Å². The molecule has 3 rings (SSSR count). The fourth-order valence-corrected chi connectivity index (χ4v) is 2.07. The Morgan fingerprint density at radius 1 is 1.17 bits per heavy atom. The number of halogens is 1. The van der Waals surface area contributed by atoms with Crippen molar-refractivity contribution in [1.82, 2.24) is 20.2 Å². The number of amides is 1. The number of benzene rings is 2. The van der Waals surface area contributed by atoms with Gasteiger partial charge >= 0.3 is 0 Å². The van der Waals surface area contributed by atoms with Crippen LogP contribution < -0.4 is 4.90 Å². The molecule has 2 aromatic carbocycles. The molecule has 0 aliphatic heterocycles. The smallest absolute Gasteiger partial charge is 0.250 e. The largest absolute Gasteiger partial charge is 0.314 e. The van der Waals surface area contributed by atoms with Crippen LogP contribution in [0.25, 0.3) is 11.4 Å². The van der Waals surface area contributed by atoms with Gasteiger partial charge in [-0.1, -0.05) is 36.4 Å². The Balaban J connectivity index is 1.72. The molecule has 0 unspecified atom stereocenters. The topological polar surface area (TPSA) is 63.9 Å². The van der Waals surface area contributed by atoms with E-state index in [9.17, 15) is 9.18 Å². The molecule has 0 saturated heterocycles. The Labute approximate surface area is 132 Å². The van der Waals surface area contributed by atoms with Crippen molar-refractivity contribution in [3.05, 3.63) is 60.4 Å². The minimum absolute atomic E-state index is 0.0765. The van der Waals surface area contributed by atoms with Crippen LogP contribution in [0, 0.1) is 5.82 Å². The van der Waals surface area contributed by atoms with Crippen LogP contribution >= 0.6 is 0 Å². The minimum Gasteiger partial charge on any atom is -0.314 e. The van der Waals surface area contributed by atoms with E-state index in [0.717, 1.165) is 5.56 Å². The van der Waals surface area contributed by atoms with Gasteiger partial charge in [0.1, 0.15) is 12.4 Å². The van der Waals surface area contributed by atoms with Gasteiger partial charge in [0.05, 0.1) is 0 Å². The van der Waals surface area contributed by atoms with Gasteiger partial charge in [0.15, 0.2) is 0 Å². The molecule has 0 N–H and O–H groups in total. The number of rotatable bonds is 4. The lowest BCUT2D eigenvalue weighted by Gasteiger charge is -2.16. The maximum absolute atomic E-state index is 13.2. The second-order valence-corrected chi connectivity index (χ2v) is 4.94. The zero-order chi connectivity index (χ0) is 16.2. The van der Waals surface area contributed by atoms with Crippen molar-refractivity contribution >= 4 is 11.6 Å². The van der Waals surface area contributed by atoms with Gasteiger partial charge in [-0.15, -0.1) is 10.2 Å². The first-order valence-electron chi connectivity index (χ1n) is 6.99. The van der Waals surface area contributed by atoms with E-state index in [2.05, 4.69) is 15.4 Å². The summed E-state index contributed by atoms with van der Waals surface area (Å²) in [5.41, 5.74) is 1.29. The quantitative estimate of drug-likeness (QED) is 0.740. The van der Waals surface area contributed by atoms with Crippen LogP contribution in [0.1, 0.15) is 0 Å². The maximum atomic E-state index is 13.2. The highest BCUT2D eigenvalue weighted by atomic mass is 19.1. The molecule has 1 heterocycles. The van der Waals surface area contributed by atoms with Crippen LogP contribution in [0.2, 0.25) is 0 Å². The predicted octanol–water partition coefficient (Wildman–Crippen LogP) is 2.14. The molecule has 23 heavy (non-hydrogen) atoms. The summed E-state index contributed by atoms with van der Waals surface area (Å²) in [6.07, 6.45) is 0. The Kier molecular flexibility index (Phi) is 4.09. The fourth-order valence-electron chi connectivity index (χ4n) is 2.07. The lowest BCUT2D eigenvalue weighted by molar-refractivity contribution is -0.119.